The van der Waals surface area contributed by atoms with Crippen LogP contribution < -0.4 is 15.8 Å². The standard InChI is InChI=1S/C13H13N3O2/c1-15-11-7-4-8-12(16-11)18-10-6-3-2-5-9(10)13(14)17/h2-8H,1H3,(H2,14,17)(H,15,16). The van der Waals surface area contributed by atoms with E-state index in [0.717, 1.165) is 0 Å². The summed E-state index contributed by atoms with van der Waals surface area (Å²) < 4.78 is 5.56. The Kier molecular flexibility index (Phi) is 3.43. The fourth-order valence-corrected chi connectivity index (χ4v) is 1.48. The van der Waals surface area contributed by atoms with Gasteiger partial charge in [0.15, 0.2) is 0 Å². The molecule has 0 atom stereocenters. The Labute approximate surface area is 105 Å². The van der Waals surface area contributed by atoms with Gasteiger partial charge >= 0.3 is 0 Å². The fourth-order valence-electron chi connectivity index (χ4n) is 1.48. The first-order valence-electron chi connectivity index (χ1n) is 5.42. The lowest BCUT2D eigenvalue weighted by Gasteiger charge is -2.08. The normalized spacial score (nSPS) is 9.83. The van der Waals surface area contributed by atoms with Gasteiger partial charge in [0.25, 0.3) is 5.91 Å². The van der Waals surface area contributed by atoms with Crippen LogP contribution >= 0.6 is 0 Å². The van der Waals surface area contributed by atoms with Crippen molar-refractivity contribution in [1.29, 1.82) is 0 Å². The Morgan fingerprint density at radius 3 is 2.72 bits per heavy atom. The van der Waals surface area contributed by atoms with E-state index in [4.69, 9.17) is 10.5 Å². The number of nitrogens with two attached hydrogens (primary N) is 1. The Morgan fingerprint density at radius 1 is 1.22 bits per heavy atom. The summed E-state index contributed by atoms with van der Waals surface area (Å²) in [5, 5.41) is 2.91. The first-order chi connectivity index (χ1) is 8.70. The average Bonchev–Trinajstić information content (AvgIpc) is 2.39. The van der Waals surface area contributed by atoms with Gasteiger partial charge in [0, 0.05) is 13.1 Å². The number of nitrogens with zero attached hydrogens (tertiary/aromatic N) is 1. The van der Waals surface area contributed by atoms with E-state index in [2.05, 4.69) is 10.3 Å². The van der Waals surface area contributed by atoms with Crippen molar-refractivity contribution < 1.29 is 9.53 Å². The zero-order valence-electron chi connectivity index (χ0n) is 9.88. The number of para-hydroxylation sites is 1. The van der Waals surface area contributed by atoms with Crippen molar-refractivity contribution in [2.45, 2.75) is 0 Å². The van der Waals surface area contributed by atoms with Crippen molar-refractivity contribution in [3.63, 3.8) is 0 Å². The highest BCUT2D eigenvalue weighted by atomic mass is 16.5. The van der Waals surface area contributed by atoms with E-state index < -0.39 is 5.91 Å². The Morgan fingerprint density at radius 2 is 2.00 bits per heavy atom. The molecule has 0 spiro atoms. The van der Waals surface area contributed by atoms with E-state index in [0.29, 0.717) is 23.0 Å². The second-order valence-electron chi connectivity index (χ2n) is 3.57. The minimum absolute atomic E-state index is 0.328. The van der Waals surface area contributed by atoms with Gasteiger partial charge in [-0.05, 0) is 18.2 Å². The topological polar surface area (TPSA) is 77.2 Å². The van der Waals surface area contributed by atoms with Gasteiger partial charge in [-0.1, -0.05) is 18.2 Å². The first-order valence-corrected chi connectivity index (χ1v) is 5.42. The molecular weight excluding hydrogens is 230 g/mol. The Hall–Kier alpha value is -2.56. The zero-order chi connectivity index (χ0) is 13.0. The van der Waals surface area contributed by atoms with Crippen molar-refractivity contribution in [2.24, 2.45) is 5.73 Å². The van der Waals surface area contributed by atoms with Gasteiger partial charge in [-0.15, -0.1) is 0 Å². The van der Waals surface area contributed by atoms with Gasteiger partial charge in [0.05, 0.1) is 5.56 Å². The summed E-state index contributed by atoms with van der Waals surface area (Å²) in [5.74, 6) is 0.945. The summed E-state index contributed by atoms with van der Waals surface area (Å²) in [6.07, 6.45) is 0. The number of nitrogens with one attached hydrogen (secondary N) is 1. The maximum atomic E-state index is 11.2. The van der Waals surface area contributed by atoms with Gasteiger partial charge < -0.3 is 15.8 Å². The molecule has 0 unspecified atom stereocenters. The van der Waals surface area contributed by atoms with Gasteiger partial charge in [-0.3, -0.25) is 4.79 Å². The Bertz CT molecular complexity index is 570. The molecule has 2 aromatic rings. The number of carbonyl (C=O) groups excluding carboxylic acids is 1. The molecule has 3 N–H and O–H groups in total. The number of anilines is 1. The summed E-state index contributed by atoms with van der Waals surface area (Å²) in [4.78, 5) is 15.4. The number of hydrogen-bond acceptors (Lipinski definition) is 4. The third-order valence-corrected chi connectivity index (χ3v) is 2.35. The molecule has 1 heterocycles. The highest BCUT2D eigenvalue weighted by Gasteiger charge is 2.09. The van der Waals surface area contributed by atoms with Crippen LogP contribution in [-0.2, 0) is 0 Å². The van der Waals surface area contributed by atoms with E-state index in [-0.39, 0.29) is 0 Å². The highest BCUT2D eigenvalue weighted by Crippen LogP contribution is 2.24. The van der Waals surface area contributed by atoms with E-state index >= 15 is 0 Å². The molecule has 0 aliphatic carbocycles. The summed E-state index contributed by atoms with van der Waals surface area (Å²) >= 11 is 0. The van der Waals surface area contributed by atoms with E-state index in [9.17, 15) is 4.79 Å². The second kappa shape index (κ2) is 5.18. The highest BCUT2D eigenvalue weighted by molar-refractivity contribution is 5.95. The van der Waals surface area contributed by atoms with Crippen LogP contribution in [0.15, 0.2) is 42.5 Å². The van der Waals surface area contributed by atoms with Crippen LogP contribution in [0.25, 0.3) is 0 Å². The number of carbonyl (C=O) groups is 1. The number of rotatable bonds is 4. The number of pyridine rings is 1. The van der Waals surface area contributed by atoms with Crippen LogP contribution in [0.4, 0.5) is 5.82 Å². The minimum Gasteiger partial charge on any atom is -0.438 e. The lowest BCUT2D eigenvalue weighted by molar-refractivity contribution is 0.0998. The third kappa shape index (κ3) is 2.57. The molecule has 92 valence electrons. The van der Waals surface area contributed by atoms with Crippen LogP contribution in [0.1, 0.15) is 10.4 Å². The molecule has 5 nitrogen and oxygen atoms in total. The molecule has 1 aromatic carbocycles. The van der Waals surface area contributed by atoms with Gasteiger partial charge in [0.1, 0.15) is 11.6 Å². The van der Waals surface area contributed by atoms with Crippen LogP contribution in [-0.4, -0.2) is 17.9 Å². The average molecular weight is 243 g/mol. The minimum atomic E-state index is -0.532. The number of hydrogen-bond donors (Lipinski definition) is 2. The maximum absolute atomic E-state index is 11.2. The predicted molar refractivity (Wildman–Crippen MR) is 68.8 cm³/mol. The summed E-state index contributed by atoms with van der Waals surface area (Å²) in [6.45, 7) is 0. The molecule has 2 rings (SSSR count). The molecule has 0 fully saturated rings. The van der Waals surface area contributed by atoms with Crippen LogP contribution in [0, 0.1) is 0 Å². The monoisotopic (exact) mass is 243 g/mol. The van der Waals surface area contributed by atoms with Crippen LogP contribution in [0.3, 0.4) is 0 Å². The van der Waals surface area contributed by atoms with E-state index in [1.54, 1.807) is 43.4 Å². The van der Waals surface area contributed by atoms with Gasteiger partial charge in [-0.25, -0.2) is 0 Å². The molecule has 0 saturated heterocycles. The summed E-state index contributed by atoms with van der Waals surface area (Å²) in [7, 11) is 1.77. The predicted octanol–water partition coefficient (Wildman–Crippen LogP) is 2.01. The number of amides is 1. The summed E-state index contributed by atoms with van der Waals surface area (Å²) in [6, 6.07) is 12.1. The summed E-state index contributed by atoms with van der Waals surface area (Å²) in [5.41, 5.74) is 5.60. The van der Waals surface area contributed by atoms with Gasteiger partial charge in [0.2, 0.25) is 5.88 Å². The molecule has 1 amide bonds. The van der Waals surface area contributed by atoms with Crippen LogP contribution in [0.2, 0.25) is 0 Å². The molecule has 18 heavy (non-hydrogen) atoms. The lowest BCUT2D eigenvalue weighted by Crippen LogP contribution is -2.12. The fraction of sp³-hybridized carbons (Fsp3) is 0.0769. The molecule has 0 radical (unpaired) electrons. The smallest absolute Gasteiger partial charge is 0.252 e. The number of benzene rings is 1. The quantitative estimate of drug-likeness (QED) is 0.861. The largest absolute Gasteiger partial charge is 0.438 e. The number of aromatic nitrogens is 1. The molecule has 0 aliphatic heterocycles. The maximum Gasteiger partial charge on any atom is 0.252 e. The van der Waals surface area contributed by atoms with Crippen LogP contribution in [0.5, 0.6) is 11.6 Å². The Balaban J connectivity index is 2.31. The van der Waals surface area contributed by atoms with Crippen molar-refractivity contribution >= 4 is 11.7 Å². The molecule has 0 aliphatic rings. The molecule has 1 aromatic heterocycles. The van der Waals surface area contributed by atoms with Gasteiger partial charge in [-0.2, -0.15) is 4.98 Å². The van der Waals surface area contributed by atoms with Crippen molar-refractivity contribution in [1.82, 2.24) is 4.98 Å². The van der Waals surface area contributed by atoms with Crippen molar-refractivity contribution in [3.8, 4) is 11.6 Å². The second-order valence-corrected chi connectivity index (χ2v) is 3.57. The lowest BCUT2D eigenvalue weighted by atomic mass is 10.2. The molecular formula is C13H13N3O2. The van der Waals surface area contributed by atoms with Crippen molar-refractivity contribution in [3.05, 3.63) is 48.0 Å². The zero-order valence-corrected chi connectivity index (χ0v) is 9.88. The third-order valence-electron chi connectivity index (χ3n) is 2.35. The van der Waals surface area contributed by atoms with Crippen molar-refractivity contribution in [2.75, 3.05) is 12.4 Å². The molecule has 0 saturated carbocycles. The number of primary amides is 1. The SMILES string of the molecule is CNc1cccc(Oc2ccccc2C(N)=O)n1. The van der Waals surface area contributed by atoms with E-state index in [1.165, 1.54) is 0 Å². The van der Waals surface area contributed by atoms with E-state index in [1.807, 2.05) is 6.07 Å². The molecule has 0 bridgehead atoms. The molecule has 5 heteroatoms. The first kappa shape index (κ1) is 11.9. The number of ether oxygens (including phenoxy) is 1.